The summed E-state index contributed by atoms with van der Waals surface area (Å²) in [5, 5.41) is 9.05. The zero-order chi connectivity index (χ0) is 21.4. The molecule has 31 heavy (non-hydrogen) atoms. The Morgan fingerprint density at radius 1 is 1.16 bits per heavy atom. The summed E-state index contributed by atoms with van der Waals surface area (Å²) >= 11 is 2.23. The standard InChI is InChI=1S/C22H21FIN5OS/c1-30-22-20(12-28(27-22)17-5-7-25-8-6-17)15-10-18-19(14-3-2-4-16(23)9-14)13-29(31-24)21(18)26-11-15/h2-4,9-13,17,25H,5-8H2,1H3. The molecule has 160 valence electrons. The molecule has 0 bridgehead atoms. The van der Waals surface area contributed by atoms with Gasteiger partial charge in [-0.05, 0) is 49.7 Å². The van der Waals surface area contributed by atoms with Gasteiger partial charge in [-0.3, -0.25) is 8.65 Å². The second-order valence-electron chi connectivity index (χ2n) is 7.56. The summed E-state index contributed by atoms with van der Waals surface area (Å²) in [5.41, 5.74) is 4.45. The highest BCUT2D eigenvalue weighted by Gasteiger charge is 2.21. The molecule has 0 saturated carbocycles. The maximum Gasteiger partial charge on any atom is 0.240 e. The molecule has 9 heteroatoms. The van der Waals surface area contributed by atoms with Gasteiger partial charge in [0.25, 0.3) is 0 Å². The number of halogens is 2. The molecule has 1 N–H and O–H groups in total. The topological polar surface area (TPSA) is 56.9 Å². The van der Waals surface area contributed by atoms with Crippen molar-refractivity contribution in [2.75, 3.05) is 20.2 Å². The minimum absolute atomic E-state index is 0.255. The van der Waals surface area contributed by atoms with Crippen molar-refractivity contribution >= 4 is 41.4 Å². The number of hydrogen-bond donors (Lipinski definition) is 1. The van der Waals surface area contributed by atoms with Gasteiger partial charge in [0.15, 0.2) is 5.65 Å². The molecular formula is C22H21FIN5OS. The molecule has 4 aromatic rings. The molecule has 1 fully saturated rings. The Labute approximate surface area is 195 Å². The van der Waals surface area contributed by atoms with Crippen LogP contribution in [-0.4, -0.2) is 38.9 Å². The predicted molar refractivity (Wildman–Crippen MR) is 131 cm³/mol. The van der Waals surface area contributed by atoms with Crippen LogP contribution in [-0.2, 0) is 0 Å². The molecule has 0 atom stereocenters. The SMILES string of the molecule is COc1nn(C2CCNCC2)cc1-c1cnc2c(c1)c(-c1cccc(F)c1)cn2SI. The van der Waals surface area contributed by atoms with Gasteiger partial charge in [-0.2, -0.15) is 0 Å². The van der Waals surface area contributed by atoms with Crippen LogP contribution in [0.5, 0.6) is 5.88 Å². The maximum absolute atomic E-state index is 13.9. The largest absolute Gasteiger partial charge is 0.479 e. The average Bonchev–Trinajstić information content (AvgIpc) is 3.41. The number of pyridine rings is 1. The molecule has 0 radical (unpaired) electrons. The van der Waals surface area contributed by atoms with Crippen LogP contribution in [0.1, 0.15) is 18.9 Å². The lowest BCUT2D eigenvalue weighted by Crippen LogP contribution is -2.29. The highest BCUT2D eigenvalue weighted by Crippen LogP contribution is 2.38. The highest BCUT2D eigenvalue weighted by molar-refractivity contribution is 14.2. The minimum atomic E-state index is -0.255. The summed E-state index contributed by atoms with van der Waals surface area (Å²) in [6, 6.07) is 9.12. The van der Waals surface area contributed by atoms with Crippen LogP contribution < -0.4 is 10.1 Å². The van der Waals surface area contributed by atoms with Gasteiger partial charge >= 0.3 is 0 Å². The van der Waals surface area contributed by atoms with E-state index < -0.39 is 0 Å². The molecule has 4 heterocycles. The van der Waals surface area contributed by atoms with Gasteiger partial charge in [-0.25, -0.2) is 9.37 Å². The van der Waals surface area contributed by atoms with Crippen LogP contribution >= 0.6 is 30.3 Å². The molecule has 6 nitrogen and oxygen atoms in total. The molecule has 0 spiro atoms. The van der Waals surface area contributed by atoms with E-state index in [-0.39, 0.29) is 5.82 Å². The molecule has 5 rings (SSSR count). The first kappa shape index (κ1) is 20.8. The third-order valence-electron chi connectivity index (χ3n) is 5.71. The van der Waals surface area contributed by atoms with Gasteiger partial charge in [-0.1, -0.05) is 12.1 Å². The van der Waals surface area contributed by atoms with Crippen LogP contribution in [0.15, 0.2) is 48.9 Å². The lowest BCUT2D eigenvalue weighted by Gasteiger charge is -2.22. The number of aromatic nitrogens is 4. The number of benzene rings is 1. The number of nitrogens with zero attached hydrogens (tertiary/aromatic N) is 4. The quantitative estimate of drug-likeness (QED) is 0.334. The summed E-state index contributed by atoms with van der Waals surface area (Å²) in [4.78, 5) is 4.74. The Morgan fingerprint density at radius 2 is 2.00 bits per heavy atom. The molecule has 1 aliphatic heterocycles. The highest BCUT2D eigenvalue weighted by atomic mass is 127. The van der Waals surface area contributed by atoms with E-state index in [9.17, 15) is 4.39 Å². The number of methoxy groups -OCH3 is 1. The Bertz CT molecular complexity index is 1230. The molecule has 1 aromatic carbocycles. The number of piperidine rings is 1. The number of rotatable bonds is 5. The van der Waals surface area contributed by atoms with Gasteiger partial charge in [0.05, 0.1) is 18.7 Å². The lowest BCUT2D eigenvalue weighted by atomic mass is 10.0. The van der Waals surface area contributed by atoms with Crippen LogP contribution in [0.25, 0.3) is 33.3 Å². The second kappa shape index (κ2) is 8.79. The van der Waals surface area contributed by atoms with E-state index in [0.29, 0.717) is 11.9 Å². The van der Waals surface area contributed by atoms with E-state index in [1.54, 1.807) is 19.2 Å². The van der Waals surface area contributed by atoms with E-state index >= 15 is 0 Å². The van der Waals surface area contributed by atoms with Crippen LogP contribution in [0.2, 0.25) is 0 Å². The smallest absolute Gasteiger partial charge is 0.240 e. The van der Waals surface area contributed by atoms with Crippen molar-refractivity contribution < 1.29 is 9.13 Å². The number of nitrogens with one attached hydrogen (secondary N) is 1. The number of hydrogen-bond acceptors (Lipinski definition) is 5. The molecule has 0 unspecified atom stereocenters. The third kappa shape index (κ3) is 3.94. The van der Waals surface area contributed by atoms with Gasteiger partial charge in [0, 0.05) is 65.4 Å². The fourth-order valence-corrected chi connectivity index (χ4v) is 5.40. The van der Waals surface area contributed by atoms with Crippen molar-refractivity contribution in [1.29, 1.82) is 0 Å². The second-order valence-corrected chi connectivity index (χ2v) is 9.27. The molecule has 3 aromatic heterocycles. The lowest BCUT2D eigenvalue weighted by molar-refractivity contribution is 0.327. The fraction of sp³-hybridized carbons (Fsp3) is 0.273. The normalized spacial score (nSPS) is 14.9. The Morgan fingerprint density at radius 3 is 2.74 bits per heavy atom. The van der Waals surface area contributed by atoms with Gasteiger partial charge < -0.3 is 10.1 Å². The first-order valence-electron chi connectivity index (χ1n) is 10.1. The Kier molecular flexibility index (Phi) is 5.89. The van der Waals surface area contributed by atoms with Crippen molar-refractivity contribution in [3.8, 4) is 28.1 Å². The summed E-state index contributed by atoms with van der Waals surface area (Å²) in [6.07, 6.45) is 8.00. The Hall–Kier alpha value is -2.11. The van der Waals surface area contributed by atoms with Crippen molar-refractivity contribution in [2.24, 2.45) is 0 Å². The van der Waals surface area contributed by atoms with Crippen LogP contribution in [0.3, 0.4) is 0 Å². The molecular weight excluding hydrogens is 528 g/mol. The van der Waals surface area contributed by atoms with E-state index in [1.807, 2.05) is 27.1 Å². The maximum atomic E-state index is 13.9. The predicted octanol–water partition coefficient (Wildman–Crippen LogP) is 5.49. The van der Waals surface area contributed by atoms with Crippen molar-refractivity contribution in [3.05, 3.63) is 54.7 Å². The van der Waals surface area contributed by atoms with E-state index in [1.165, 1.54) is 15.2 Å². The first-order valence-corrected chi connectivity index (χ1v) is 13.4. The average molecular weight is 549 g/mol. The zero-order valence-corrected chi connectivity index (χ0v) is 19.9. The Balaban J connectivity index is 1.63. The van der Waals surface area contributed by atoms with Crippen molar-refractivity contribution in [2.45, 2.75) is 18.9 Å². The van der Waals surface area contributed by atoms with Gasteiger partial charge in [-0.15, -0.1) is 5.10 Å². The molecule has 0 aliphatic carbocycles. The summed E-state index contributed by atoms with van der Waals surface area (Å²) in [6.45, 7) is 1.99. The monoisotopic (exact) mass is 549 g/mol. The molecule has 1 saturated heterocycles. The number of fused-ring (bicyclic) bond motifs is 1. The zero-order valence-electron chi connectivity index (χ0n) is 16.9. The summed E-state index contributed by atoms with van der Waals surface area (Å²) in [5.74, 6) is 0.337. The van der Waals surface area contributed by atoms with Crippen molar-refractivity contribution in [3.63, 3.8) is 0 Å². The van der Waals surface area contributed by atoms with Crippen LogP contribution in [0.4, 0.5) is 4.39 Å². The summed E-state index contributed by atoms with van der Waals surface area (Å²) < 4.78 is 23.5. The van der Waals surface area contributed by atoms with Gasteiger partial charge in [0.1, 0.15) is 5.82 Å². The van der Waals surface area contributed by atoms with Crippen molar-refractivity contribution in [1.82, 2.24) is 24.1 Å². The van der Waals surface area contributed by atoms with E-state index in [0.717, 1.165) is 59.2 Å². The number of ether oxygens (including phenoxy) is 1. The van der Waals surface area contributed by atoms with Crippen LogP contribution in [0, 0.1) is 5.82 Å². The van der Waals surface area contributed by atoms with E-state index in [2.05, 4.69) is 38.8 Å². The summed E-state index contributed by atoms with van der Waals surface area (Å²) in [7, 11) is 3.18. The minimum Gasteiger partial charge on any atom is -0.479 e. The third-order valence-corrected chi connectivity index (χ3v) is 7.41. The fourth-order valence-electron chi connectivity index (χ4n) is 4.15. The van der Waals surface area contributed by atoms with E-state index in [4.69, 9.17) is 14.8 Å². The van der Waals surface area contributed by atoms with Gasteiger partial charge in [0.2, 0.25) is 5.88 Å². The molecule has 1 aliphatic rings. The first-order chi connectivity index (χ1) is 15.2. The molecule has 0 amide bonds.